The van der Waals surface area contributed by atoms with Gasteiger partial charge in [-0.05, 0) is 123 Å². The molecule has 0 amide bonds. The molecule has 0 aromatic heterocycles. The molecule has 5 unspecified atom stereocenters. The molecule has 0 radical (unpaired) electrons. The predicted octanol–water partition coefficient (Wildman–Crippen LogP) is -6.60. The van der Waals surface area contributed by atoms with E-state index in [4.69, 9.17) is 47.4 Å². The Morgan fingerprint density at radius 3 is 1.37 bits per heavy atom. The minimum Gasteiger partial charge on any atom is -0.396 e. The molecule has 37 atom stereocenters. The molecule has 5 saturated carbocycles. The molecule has 0 bridgehead atoms. The maximum atomic E-state index is 12.8. The van der Waals surface area contributed by atoms with Gasteiger partial charge >= 0.3 is 0 Å². The Morgan fingerprint density at radius 1 is 0.456 bits per heavy atom. The minimum absolute atomic E-state index is 0.0443. The Hall–Kier alpha value is -1.20. The van der Waals surface area contributed by atoms with Gasteiger partial charge in [-0.1, -0.05) is 27.7 Å². The molecule has 5 aliphatic carbocycles. The van der Waals surface area contributed by atoms with Gasteiger partial charge in [-0.25, -0.2) is 0 Å². The van der Waals surface area contributed by atoms with Crippen molar-refractivity contribution in [3.63, 3.8) is 0 Å². The van der Waals surface area contributed by atoms with E-state index in [-0.39, 0.29) is 58.4 Å². The summed E-state index contributed by atoms with van der Waals surface area (Å²) in [5.74, 6) is -0.150. The topological polar surface area (TPSA) is 497 Å². The third kappa shape index (κ3) is 11.9. The molecular formula is C60H102O30. The van der Waals surface area contributed by atoms with Crippen molar-refractivity contribution in [2.45, 2.75) is 283 Å². The predicted molar refractivity (Wildman–Crippen MR) is 300 cm³/mol. The van der Waals surface area contributed by atoms with Gasteiger partial charge in [0.05, 0.1) is 63.6 Å². The number of hydrogen-bond acceptors (Lipinski definition) is 30. The van der Waals surface area contributed by atoms with Crippen LogP contribution in [0.5, 0.6) is 0 Å². The summed E-state index contributed by atoms with van der Waals surface area (Å²) in [7, 11) is 0. The van der Waals surface area contributed by atoms with E-state index in [1.54, 1.807) is 13.8 Å². The van der Waals surface area contributed by atoms with Gasteiger partial charge in [-0.15, -0.1) is 0 Å². The third-order valence-electron chi connectivity index (χ3n) is 24.2. The average Bonchev–Trinajstić information content (AvgIpc) is 1.46. The van der Waals surface area contributed by atoms with Crippen LogP contribution in [0.25, 0.3) is 0 Å². The van der Waals surface area contributed by atoms with Gasteiger partial charge in [0, 0.05) is 5.41 Å². The van der Waals surface area contributed by atoms with Crippen molar-refractivity contribution in [1.82, 2.24) is 0 Å². The number of aliphatic hydroxyl groups excluding tert-OH is 19. The van der Waals surface area contributed by atoms with E-state index in [0.717, 1.165) is 32.1 Å². The average molecular weight is 1300 g/mol. The van der Waals surface area contributed by atoms with E-state index in [2.05, 4.69) is 20.8 Å². The van der Waals surface area contributed by atoms with Crippen LogP contribution in [0.1, 0.15) is 106 Å². The largest absolute Gasteiger partial charge is 0.396 e. The molecule has 10 fully saturated rings. The fourth-order valence-electron chi connectivity index (χ4n) is 18.9. The number of ether oxygens (including phenoxy) is 10. The molecule has 0 aromatic rings. The van der Waals surface area contributed by atoms with Gasteiger partial charge in [0.1, 0.15) is 122 Å². The van der Waals surface area contributed by atoms with Crippen LogP contribution < -0.4 is 0 Å². The normalized spacial score (nSPS) is 54.5. The van der Waals surface area contributed by atoms with Crippen LogP contribution in [0.4, 0.5) is 0 Å². The van der Waals surface area contributed by atoms with Crippen molar-refractivity contribution in [2.24, 2.45) is 50.7 Å². The Morgan fingerprint density at radius 2 is 0.889 bits per heavy atom. The van der Waals surface area contributed by atoms with Crippen molar-refractivity contribution in [2.75, 3.05) is 39.6 Å². The minimum atomic E-state index is -2.01. The second kappa shape index (κ2) is 26.9. The highest BCUT2D eigenvalue weighted by atomic mass is 16.8. The van der Waals surface area contributed by atoms with Gasteiger partial charge in [-0.3, -0.25) is 0 Å². The van der Waals surface area contributed by atoms with Crippen LogP contribution in [0, 0.1) is 50.7 Å². The lowest BCUT2D eigenvalue weighted by Crippen LogP contribution is -2.67. The van der Waals surface area contributed by atoms with Crippen LogP contribution in [-0.4, -0.2) is 319 Å². The standard InChI is InChI=1S/C60H102O30/c1-23(7-8-32(55(2,3)80)86-54-48(39(73)36(70)28(18-63)83-54)90-52-43(77)38(72)35(69)27(17-62)82-52)24-9-11-58(6)49-25(67)15-31-56(4,22-66)33(10-12-59(31)21-60(49,59)14-13-57(24,58)5)87-50-44(78)40(74)46(29(19-64)84-50)89-53-45(79)41(75)47(30(20-65)85-53)88-51-42(76)37(71)34(68)26(16-61)81-51/h23-54,61-80H,7-22H2,1-6H3/t23-,24?,25+,26-,27-,28-,29-,30-,31?,32-,33+,34+,35-,36-,37+,38+,39+,40-,41-,42-,43-,44-,45+,46-,47-,48-,49?,50+,51-,52-,53-,54+,56-,57-,58+,59?,60?/m1/s1. The van der Waals surface area contributed by atoms with Crippen LogP contribution in [0.3, 0.4) is 0 Å². The Kier molecular flexibility index (Phi) is 21.4. The molecule has 5 heterocycles. The highest BCUT2D eigenvalue weighted by molar-refractivity contribution is 5.32. The van der Waals surface area contributed by atoms with Gasteiger partial charge < -0.3 is 149 Å². The number of aliphatic hydroxyl groups is 20. The number of rotatable bonds is 21. The first-order valence-corrected chi connectivity index (χ1v) is 32.1. The Labute approximate surface area is 521 Å². The lowest BCUT2D eigenvalue weighted by molar-refractivity contribution is -0.383. The van der Waals surface area contributed by atoms with E-state index >= 15 is 0 Å². The molecule has 5 saturated heterocycles. The van der Waals surface area contributed by atoms with E-state index in [0.29, 0.717) is 25.7 Å². The van der Waals surface area contributed by atoms with E-state index in [9.17, 15) is 102 Å². The summed E-state index contributed by atoms with van der Waals surface area (Å²) in [6, 6.07) is 0. The van der Waals surface area contributed by atoms with Crippen molar-refractivity contribution in [3.8, 4) is 0 Å². The van der Waals surface area contributed by atoms with Gasteiger partial charge in [-0.2, -0.15) is 0 Å². The van der Waals surface area contributed by atoms with Gasteiger partial charge in [0.25, 0.3) is 0 Å². The fraction of sp³-hybridized carbons (Fsp3) is 1.00. The van der Waals surface area contributed by atoms with Crippen molar-refractivity contribution in [3.05, 3.63) is 0 Å². The second-order valence-corrected chi connectivity index (χ2v) is 29.3. The third-order valence-corrected chi connectivity index (χ3v) is 24.2. The molecule has 90 heavy (non-hydrogen) atoms. The summed E-state index contributed by atoms with van der Waals surface area (Å²) in [6.07, 6.45) is -38.9. The highest BCUT2D eigenvalue weighted by Gasteiger charge is 2.84. The molecule has 2 spiro atoms. The maximum absolute atomic E-state index is 12.8. The van der Waals surface area contributed by atoms with E-state index in [1.165, 1.54) is 0 Å². The highest BCUT2D eigenvalue weighted by Crippen LogP contribution is 2.89. The fourth-order valence-corrected chi connectivity index (χ4v) is 18.9. The lowest BCUT2D eigenvalue weighted by Gasteiger charge is -2.65. The first-order chi connectivity index (χ1) is 42.3. The van der Waals surface area contributed by atoms with Crippen molar-refractivity contribution in [1.29, 1.82) is 0 Å². The Balaban J connectivity index is 0.782. The van der Waals surface area contributed by atoms with Crippen LogP contribution >= 0.6 is 0 Å². The molecule has 10 aliphatic rings. The molecule has 30 nitrogen and oxygen atoms in total. The van der Waals surface area contributed by atoms with Crippen molar-refractivity contribution >= 4 is 0 Å². The van der Waals surface area contributed by atoms with Gasteiger partial charge in [0.15, 0.2) is 31.5 Å². The number of fused-ring (bicyclic) bond motifs is 2. The SMILES string of the molecule is C[C@H](CC[C@@H](O[C@@H]1O[C@H](CO)[C@@H](O)[C@H](O)[C@H]1O[C@H]1O[C@H](CO)[C@@H](O)[C@H](O)[C@H]1O)C(C)(C)O)C1CC[C@@]2(C)C3[C@@H](O)CC4C5(CC[C@H](O[C@@H]6O[C@H](CO)[C@@H](O[C@H]7O[C@H](CO)[C@@H](O[C@H]8O[C@H](CO)[C@H](O)[C@H](O)[C@H]8O)[C@H](O)[C@@H]7O)[C@H](O)[C@H]6O)[C@]4(C)CO)CC35CC[C@]12C. The zero-order valence-corrected chi connectivity index (χ0v) is 51.8. The smallest absolute Gasteiger partial charge is 0.187 e. The van der Waals surface area contributed by atoms with Gasteiger partial charge in [0.2, 0.25) is 0 Å². The van der Waals surface area contributed by atoms with Crippen LogP contribution in [0.15, 0.2) is 0 Å². The molecule has 0 aromatic carbocycles. The summed E-state index contributed by atoms with van der Waals surface area (Å²) >= 11 is 0. The number of hydrogen-bond donors (Lipinski definition) is 20. The summed E-state index contributed by atoms with van der Waals surface area (Å²) in [5.41, 5.74) is -3.68. The quantitative estimate of drug-likeness (QED) is 0.0475. The zero-order chi connectivity index (χ0) is 65.9. The maximum Gasteiger partial charge on any atom is 0.187 e. The lowest BCUT2D eigenvalue weighted by atomic mass is 9.41. The molecule has 10 rings (SSSR count). The summed E-state index contributed by atoms with van der Waals surface area (Å²) < 4.78 is 59.2. The summed E-state index contributed by atoms with van der Waals surface area (Å²) in [4.78, 5) is 0. The first-order valence-electron chi connectivity index (χ1n) is 32.1. The molecule has 20 N–H and O–H groups in total. The zero-order valence-electron chi connectivity index (χ0n) is 51.8. The van der Waals surface area contributed by atoms with Crippen LogP contribution in [0.2, 0.25) is 0 Å². The second-order valence-electron chi connectivity index (χ2n) is 29.3. The first kappa shape index (κ1) is 71.6. The molecule has 30 heteroatoms. The monoisotopic (exact) mass is 1300 g/mol. The van der Waals surface area contributed by atoms with E-state index in [1.807, 2.05) is 6.92 Å². The summed E-state index contributed by atoms with van der Waals surface area (Å²) in [5, 5.41) is 217. The van der Waals surface area contributed by atoms with E-state index < -0.39 is 216 Å². The summed E-state index contributed by atoms with van der Waals surface area (Å²) in [6.45, 7) is 7.44. The Bertz CT molecular complexity index is 2370. The van der Waals surface area contributed by atoms with Crippen LogP contribution in [-0.2, 0) is 47.4 Å². The molecular weight excluding hydrogens is 1200 g/mol. The molecule has 5 aliphatic heterocycles. The molecule has 522 valence electrons. The van der Waals surface area contributed by atoms with Crippen molar-refractivity contribution < 1.29 is 149 Å².